The Labute approximate surface area is 89.9 Å². The normalized spacial score (nSPS) is 10.4. The van der Waals surface area contributed by atoms with Crippen LogP contribution in [0.4, 0.5) is 5.69 Å². The molecule has 4 nitrogen and oxygen atoms in total. The Morgan fingerprint density at radius 3 is 2.79 bits per heavy atom. The molecule has 0 radical (unpaired) electrons. The Kier molecular flexibility index (Phi) is 2.25. The summed E-state index contributed by atoms with van der Waals surface area (Å²) in [4.78, 5) is 4.31. The first-order valence-electron chi connectivity index (χ1n) is 4.09. The number of aromatic nitrogens is 3. The average molecular weight is 253 g/mol. The number of anilines is 1. The minimum atomic E-state index is 0.637. The van der Waals surface area contributed by atoms with Crippen molar-refractivity contribution in [1.29, 1.82) is 0 Å². The number of aryl methyl sites for hydroxylation is 1. The Morgan fingerprint density at radius 1 is 1.43 bits per heavy atom. The van der Waals surface area contributed by atoms with Crippen LogP contribution < -0.4 is 5.73 Å². The number of halogens is 1. The van der Waals surface area contributed by atoms with Crippen molar-refractivity contribution in [3.05, 3.63) is 29.0 Å². The van der Waals surface area contributed by atoms with Gasteiger partial charge in [0.1, 0.15) is 10.3 Å². The van der Waals surface area contributed by atoms with Crippen molar-refractivity contribution in [2.45, 2.75) is 0 Å². The summed E-state index contributed by atoms with van der Waals surface area (Å²) in [6.07, 6.45) is 1.62. The van der Waals surface area contributed by atoms with Crippen LogP contribution >= 0.6 is 15.9 Å². The highest BCUT2D eigenvalue weighted by Crippen LogP contribution is 2.23. The molecule has 2 rings (SSSR count). The predicted molar refractivity (Wildman–Crippen MR) is 58.6 cm³/mol. The number of pyridine rings is 1. The van der Waals surface area contributed by atoms with E-state index >= 15 is 0 Å². The number of hydrogen-bond donors (Lipinski definition) is 1. The van der Waals surface area contributed by atoms with Crippen molar-refractivity contribution < 1.29 is 0 Å². The average Bonchev–Trinajstić information content (AvgIpc) is 2.46. The van der Waals surface area contributed by atoms with E-state index in [-0.39, 0.29) is 0 Å². The van der Waals surface area contributed by atoms with E-state index in [1.807, 2.05) is 25.2 Å². The summed E-state index contributed by atoms with van der Waals surface area (Å²) in [6, 6.07) is 5.69. The topological polar surface area (TPSA) is 56.7 Å². The highest BCUT2D eigenvalue weighted by atomic mass is 79.9. The molecule has 14 heavy (non-hydrogen) atoms. The van der Waals surface area contributed by atoms with E-state index in [9.17, 15) is 0 Å². The monoisotopic (exact) mass is 252 g/mol. The first-order valence-corrected chi connectivity index (χ1v) is 4.88. The van der Waals surface area contributed by atoms with Gasteiger partial charge in [-0.25, -0.2) is 4.98 Å². The van der Waals surface area contributed by atoms with Gasteiger partial charge in [-0.2, -0.15) is 5.10 Å². The van der Waals surface area contributed by atoms with E-state index in [4.69, 9.17) is 5.73 Å². The van der Waals surface area contributed by atoms with Crippen LogP contribution in [0.15, 0.2) is 29.0 Å². The molecule has 0 saturated carbocycles. The molecule has 2 N–H and O–H groups in total. The molecule has 2 aromatic rings. The van der Waals surface area contributed by atoms with Gasteiger partial charge in [0.25, 0.3) is 0 Å². The number of rotatable bonds is 1. The van der Waals surface area contributed by atoms with Gasteiger partial charge in [0.15, 0.2) is 0 Å². The first kappa shape index (κ1) is 9.21. The third kappa shape index (κ3) is 1.50. The third-order valence-corrected chi connectivity index (χ3v) is 2.37. The zero-order chi connectivity index (χ0) is 10.1. The smallest absolute Gasteiger partial charge is 0.109 e. The second kappa shape index (κ2) is 3.42. The molecular weight excluding hydrogens is 244 g/mol. The fraction of sp³-hybridized carbons (Fsp3) is 0.111. The lowest BCUT2D eigenvalue weighted by Crippen LogP contribution is -1.97. The number of hydrogen-bond acceptors (Lipinski definition) is 3. The highest BCUT2D eigenvalue weighted by Gasteiger charge is 2.09. The molecule has 0 spiro atoms. The molecule has 5 heteroatoms. The summed E-state index contributed by atoms with van der Waals surface area (Å²) in [5.41, 5.74) is 8.08. The molecule has 0 bridgehead atoms. The van der Waals surface area contributed by atoms with Gasteiger partial charge in [0, 0.05) is 7.05 Å². The van der Waals surface area contributed by atoms with Gasteiger partial charge in [0.05, 0.1) is 17.6 Å². The maximum absolute atomic E-state index is 5.78. The molecule has 0 aromatic carbocycles. The second-order valence-corrected chi connectivity index (χ2v) is 3.73. The van der Waals surface area contributed by atoms with Gasteiger partial charge < -0.3 is 5.73 Å². The van der Waals surface area contributed by atoms with Crippen LogP contribution in [-0.4, -0.2) is 14.8 Å². The molecule has 0 unspecified atom stereocenters. The van der Waals surface area contributed by atoms with E-state index < -0.39 is 0 Å². The van der Waals surface area contributed by atoms with Crippen molar-refractivity contribution in [1.82, 2.24) is 14.8 Å². The summed E-state index contributed by atoms with van der Waals surface area (Å²) in [5.74, 6) is 0. The van der Waals surface area contributed by atoms with E-state index in [0.29, 0.717) is 5.69 Å². The minimum absolute atomic E-state index is 0.637. The van der Waals surface area contributed by atoms with Crippen LogP contribution in [0.1, 0.15) is 0 Å². The molecule has 0 aliphatic heterocycles. The van der Waals surface area contributed by atoms with Crippen LogP contribution in [0.2, 0.25) is 0 Å². The number of nitrogens with zero attached hydrogens (tertiary/aromatic N) is 3. The Morgan fingerprint density at radius 2 is 2.21 bits per heavy atom. The van der Waals surface area contributed by atoms with E-state index in [1.54, 1.807) is 10.9 Å². The minimum Gasteiger partial charge on any atom is -0.396 e. The lowest BCUT2D eigenvalue weighted by Gasteiger charge is -2.02. The zero-order valence-electron chi connectivity index (χ0n) is 7.61. The van der Waals surface area contributed by atoms with Crippen molar-refractivity contribution in [3.8, 4) is 11.4 Å². The summed E-state index contributed by atoms with van der Waals surface area (Å²) >= 11 is 3.32. The maximum Gasteiger partial charge on any atom is 0.109 e. The van der Waals surface area contributed by atoms with Crippen LogP contribution in [0.25, 0.3) is 11.4 Å². The zero-order valence-corrected chi connectivity index (χ0v) is 9.19. The van der Waals surface area contributed by atoms with Crippen molar-refractivity contribution in [2.75, 3.05) is 5.73 Å². The third-order valence-electron chi connectivity index (χ3n) is 1.92. The van der Waals surface area contributed by atoms with Crippen molar-refractivity contribution >= 4 is 21.6 Å². The van der Waals surface area contributed by atoms with Crippen molar-refractivity contribution in [2.24, 2.45) is 7.05 Å². The van der Waals surface area contributed by atoms with Crippen LogP contribution in [0.5, 0.6) is 0 Å². The van der Waals surface area contributed by atoms with E-state index in [1.165, 1.54) is 0 Å². The SMILES string of the molecule is Cn1ncc(N)c1-c1cccc(Br)n1. The summed E-state index contributed by atoms with van der Waals surface area (Å²) in [5, 5.41) is 4.06. The van der Waals surface area contributed by atoms with Crippen LogP contribution in [0.3, 0.4) is 0 Å². The molecule has 0 saturated heterocycles. The van der Waals surface area contributed by atoms with Gasteiger partial charge >= 0.3 is 0 Å². The van der Waals surface area contributed by atoms with Gasteiger partial charge in [-0.3, -0.25) is 4.68 Å². The van der Waals surface area contributed by atoms with Gasteiger partial charge in [-0.15, -0.1) is 0 Å². The largest absolute Gasteiger partial charge is 0.396 e. The number of nitrogen functional groups attached to an aromatic ring is 1. The molecule has 0 atom stereocenters. The van der Waals surface area contributed by atoms with Gasteiger partial charge in [0.2, 0.25) is 0 Å². The van der Waals surface area contributed by atoms with Gasteiger partial charge in [-0.1, -0.05) is 6.07 Å². The quantitative estimate of drug-likeness (QED) is 0.789. The lowest BCUT2D eigenvalue weighted by molar-refractivity contribution is 0.773. The lowest BCUT2D eigenvalue weighted by atomic mass is 10.2. The van der Waals surface area contributed by atoms with Crippen LogP contribution in [-0.2, 0) is 7.05 Å². The Bertz CT molecular complexity index is 444. The molecule has 0 amide bonds. The van der Waals surface area contributed by atoms with Gasteiger partial charge in [-0.05, 0) is 28.1 Å². The Hall–Kier alpha value is -1.36. The molecule has 0 aliphatic rings. The van der Waals surface area contributed by atoms with Crippen LogP contribution in [0, 0.1) is 0 Å². The molecule has 0 aliphatic carbocycles. The van der Waals surface area contributed by atoms with E-state index in [0.717, 1.165) is 16.0 Å². The molecular formula is C9H9BrN4. The molecule has 72 valence electrons. The summed E-state index contributed by atoms with van der Waals surface area (Å²) < 4.78 is 2.50. The Balaban J connectivity index is 2.59. The number of nitrogens with two attached hydrogens (primary N) is 1. The molecule has 0 fully saturated rings. The van der Waals surface area contributed by atoms with E-state index in [2.05, 4.69) is 26.0 Å². The molecule has 2 heterocycles. The predicted octanol–water partition coefficient (Wildman–Crippen LogP) is 1.83. The maximum atomic E-state index is 5.78. The molecule has 2 aromatic heterocycles. The summed E-state index contributed by atoms with van der Waals surface area (Å²) in [6.45, 7) is 0. The fourth-order valence-electron chi connectivity index (χ4n) is 1.31. The van der Waals surface area contributed by atoms with Crippen molar-refractivity contribution in [3.63, 3.8) is 0 Å². The highest BCUT2D eigenvalue weighted by molar-refractivity contribution is 9.10. The standard InChI is InChI=1S/C9H9BrN4/c1-14-9(6(11)5-12-14)7-3-2-4-8(10)13-7/h2-5H,11H2,1H3. The second-order valence-electron chi connectivity index (χ2n) is 2.92. The fourth-order valence-corrected chi connectivity index (χ4v) is 1.65. The summed E-state index contributed by atoms with van der Waals surface area (Å²) in [7, 11) is 1.84. The first-order chi connectivity index (χ1) is 6.68.